The van der Waals surface area contributed by atoms with Gasteiger partial charge >= 0.3 is 6.09 Å². The number of carbonyl (C=O) groups is 3. The van der Waals surface area contributed by atoms with Crippen LogP contribution in [0, 0.1) is 5.41 Å². The van der Waals surface area contributed by atoms with Crippen molar-refractivity contribution in [1.82, 2.24) is 25.1 Å². The molecule has 0 saturated carbocycles. The van der Waals surface area contributed by atoms with Crippen LogP contribution in [0.25, 0.3) is 11.4 Å². The van der Waals surface area contributed by atoms with Gasteiger partial charge in [0.1, 0.15) is 11.9 Å². The fourth-order valence-electron chi connectivity index (χ4n) is 3.54. The first-order valence-electron chi connectivity index (χ1n) is 9.78. The summed E-state index contributed by atoms with van der Waals surface area (Å²) in [5.41, 5.74) is 0.966. The van der Waals surface area contributed by atoms with Gasteiger partial charge in [-0.05, 0) is 5.41 Å². The number of likely N-dealkylation sites (N-methyl/N-ethyl adjacent to an activating group) is 1. The molecule has 0 spiro atoms. The second-order valence-corrected chi connectivity index (χ2v) is 8.34. The molecule has 0 bridgehead atoms. The van der Waals surface area contributed by atoms with Crippen LogP contribution in [0.2, 0.25) is 0 Å². The van der Waals surface area contributed by atoms with Crippen molar-refractivity contribution in [3.8, 4) is 11.4 Å². The van der Waals surface area contributed by atoms with Crippen molar-refractivity contribution in [3.05, 3.63) is 41.7 Å². The molecule has 0 saturated heterocycles. The number of hydrogen-bond donors (Lipinski definition) is 3. The molecule has 30 heavy (non-hydrogen) atoms. The van der Waals surface area contributed by atoms with Crippen molar-refractivity contribution < 1.29 is 19.5 Å². The van der Waals surface area contributed by atoms with Gasteiger partial charge in [0.15, 0.2) is 5.69 Å². The van der Waals surface area contributed by atoms with Crippen molar-refractivity contribution in [2.24, 2.45) is 5.41 Å². The highest BCUT2D eigenvalue weighted by Gasteiger charge is 2.35. The summed E-state index contributed by atoms with van der Waals surface area (Å²) in [5, 5.41) is 14.8. The Morgan fingerprint density at radius 3 is 2.37 bits per heavy atom. The second-order valence-electron chi connectivity index (χ2n) is 8.34. The minimum absolute atomic E-state index is 0.0536. The molecule has 3 N–H and O–H groups in total. The maximum Gasteiger partial charge on any atom is 0.407 e. The molecule has 1 aliphatic heterocycles. The van der Waals surface area contributed by atoms with Crippen LogP contribution in [-0.4, -0.2) is 57.1 Å². The number of nitrogens with one attached hydrogen (secondary N) is 2. The molecule has 9 heteroatoms. The summed E-state index contributed by atoms with van der Waals surface area (Å²) in [4.78, 5) is 42.9. The second kappa shape index (κ2) is 8.17. The Kier molecular flexibility index (Phi) is 5.82. The number of nitrogens with zero attached hydrogens (tertiary/aromatic N) is 3. The highest BCUT2D eigenvalue weighted by molar-refractivity contribution is 5.98. The Morgan fingerprint density at radius 1 is 1.13 bits per heavy atom. The fourth-order valence-corrected chi connectivity index (χ4v) is 3.54. The molecule has 3 amide bonds. The van der Waals surface area contributed by atoms with Crippen molar-refractivity contribution >= 4 is 17.9 Å². The Balaban J connectivity index is 2.03. The summed E-state index contributed by atoms with van der Waals surface area (Å²) >= 11 is 0. The standard InChI is InChI=1S/C21H27N5O4/c1-21(2,3)16(19(28)22-4)24-18(27)15-14-12-25(20(29)30)10-11-26(14)17(23-15)13-8-6-5-7-9-13/h5-9,16H,10-12H2,1-4H3,(H,22,28)(H,24,27)(H,29,30)/t16-/m1/s1. The quantitative estimate of drug-likeness (QED) is 0.708. The maximum absolute atomic E-state index is 13.2. The zero-order valence-corrected chi connectivity index (χ0v) is 17.6. The van der Waals surface area contributed by atoms with Gasteiger partial charge in [-0.15, -0.1) is 0 Å². The van der Waals surface area contributed by atoms with Crippen LogP contribution in [0.1, 0.15) is 37.0 Å². The average molecular weight is 413 g/mol. The number of rotatable bonds is 4. The summed E-state index contributed by atoms with van der Waals surface area (Å²) in [6.45, 7) is 6.33. The summed E-state index contributed by atoms with van der Waals surface area (Å²) in [7, 11) is 1.52. The Hall–Kier alpha value is -3.36. The van der Waals surface area contributed by atoms with E-state index in [9.17, 15) is 19.5 Å². The monoisotopic (exact) mass is 413 g/mol. The van der Waals surface area contributed by atoms with Gasteiger partial charge in [0.25, 0.3) is 5.91 Å². The van der Waals surface area contributed by atoms with Crippen LogP contribution in [0.4, 0.5) is 4.79 Å². The van der Waals surface area contributed by atoms with Crippen molar-refractivity contribution in [2.75, 3.05) is 13.6 Å². The summed E-state index contributed by atoms with van der Waals surface area (Å²) in [6.07, 6.45) is -1.05. The lowest BCUT2D eigenvalue weighted by Crippen LogP contribution is -2.53. The number of aromatic nitrogens is 2. The SMILES string of the molecule is CNC(=O)[C@@H](NC(=O)c1nc(-c2ccccc2)n2c1CN(C(=O)O)CC2)C(C)(C)C. The molecule has 160 valence electrons. The first kappa shape index (κ1) is 21.4. The molecule has 9 nitrogen and oxygen atoms in total. The third-order valence-electron chi connectivity index (χ3n) is 5.17. The summed E-state index contributed by atoms with van der Waals surface area (Å²) in [5.74, 6) is -0.205. The third-order valence-corrected chi connectivity index (χ3v) is 5.17. The molecular formula is C21H27N5O4. The molecule has 1 aliphatic rings. The zero-order valence-electron chi connectivity index (χ0n) is 17.6. The van der Waals surface area contributed by atoms with E-state index in [1.807, 2.05) is 55.7 Å². The molecule has 1 atom stereocenters. The van der Waals surface area contributed by atoms with Crippen LogP contribution in [0.5, 0.6) is 0 Å². The van der Waals surface area contributed by atoms with Gasteiger partial charge in [0, 0.05) is 25.7 Å². The van der Waals surface area contributed by atoms with Crippen molar-refractivity contribution in [1.29, 1.82) is 0 Å². The zero-order chi connectivity index (χ0) is 22.1. The van der Waals surface area contributed by atoms with E-state index in [1.54, 1.807) is 0 Å². The number of imidazole rings is 1. The van der Waals surface area contributed by atoms with Gasteiger partial charge in [-0.25, -0.2) is 9.78 Å². The highest BCUT2D eigenvalue weighted by Crippen LogP contribution is 2.27. The number of carbonyl (C=O) groups excluding carboxylic acids is 2. The number of amides is 3. The van der Waals surface area contributed by atoms with Gasteiger partial charge in [0.2, 0.25) is 5.91 Å². The van der Waals surface area contributed by atoms with Crippen LogP contribution in [0.3, 0.4) is 0 Å². The van der Waals surface area contributed by atoms with Crippen molar-refractivity contribution in [3.63, 3.8) is 0 Å². The normalized spacial score (nSPS) is 14.6. The minimum Gasteiger partial charge on any atom is -0.465 e. The lowest BCUT2D eigenvalue weighted by atomic mass is 9.86. The number of fused-ring (bicyclic) bond motifs is 1. The fraction of sp³-hybridized carbons (Fsp3) is 0.429. The largest absolute Gasteiger partial charge is 0.465 e. The van der Waals surface area contributed by atoms with Gasteiger partial charge in [-0.2, -0.15) is 0 Å². The molecule has 1 aromatic carbocycles. The molecule has 0 fully saturated rings. The maximum atomic E-state index is 13.2. The van der Waals surface area contributed by atoms with Gasteiger partial charge < -0.3 is 25.2 Å². The average Bonchev–Trinajstić information content (AvgIpc) is 3.10. The molecule has 2 heterocycles. The van der Waals surface area contributed by atoms with Crippen molar-refractivity contribution in [2.45, 2.75) is 39.9 Å². The van der Waals surface area contributed by atoms with E-state index in [0.717, 1.165) is 5.56 Å². The lowest BCUT2D eigenvalue weighted by molar-refractivity contribution is -0.124. The predicted molar refractivity (Wildman–Crippen MR) is 111 cm³/mol. The van der Waals surface area contributed by atoms with E-state index in [-0.39, 0.29) is 18.1 Å². The first-order valence-corrected chi connectivity index (χ1v) is 9.78. The molecule has 0 unspecified atom stereocenters. The van der Waals surface area contributed by atoms with E-state index in [0.29, 0.717) is 24.6 Å². The smallest absolute Gasteiger partial charge is 0.407 e. The van der Waals surface area contributed by atoms with Crippen LogP contribution >= 0.6 is 0 Å². The van der Waals surface area contributed by atoms with Gasteiger partial charge in [-0.3, -0.25) is 9.59 Å². The molecule has 2 aromatic rings. The molecular weight excluding hydrogens is 386 g/mol. The van der Waals surface area contributed by atoms with Gasteiger partial charge in [-0.1, -0.05) is 51.1 Å². The van der Waals surface area contributed by atoms with E-state index < -0.39 is 23.5 Å². The summed E-state index contributed by atoms with van der Waals surface area (Å²) < 4.78 is 1.88. The van der Waals surface area contributed by atoms with Gasteiger partial charge in [0.05, 0.1) is 12.2 Å². The topological polar surface area (TPSA) is 117 Å². The predicted octanol–water partition coefficient (Wildman–Crippen LogP) is 1.93. The number of hydrogen-bond acceptors (Lipinski definition) is 4. The molecule has 0 aliphatic carbocycles. The molecule has 3 rings (SSSR count). The lowest BCUT2D eigenvalue weighted by Gasteiger charge is -2.30. The first-order chi connectivity index (χ1) is 14.1. The Labute approximate surface area is 175 Å². The Morgan fingerprint density at radius 2 is 1.80 bits per heavy atom. The van der Waals surface area contributed by atoms with E-state index in [1.165, 1.54) is 11.9 Å². The van der Waals surface area contributed by atoms with E-state index in [4.69, 9.17) is 0 Å². The van der Waals surface area contributed by atoms with Crippen LogP contribution in [-0.2, 0) is 17.9 Å². The minimum atomic E-state index is -1.05. The molecule has 1 aromatic heterocycles. The van der Waals surface area contributed by atoms with Crippen LogP contribution < -0.4 is 10.6 Å². The third kappa shape index (κ3) is 4.14. The number of carboxylic acid groups (broad SMARTS) is 1. The molecule has 0 radical (unpaired) electrons. The van der Waals surface area contributed by atoms with E-state index >= 15 is 0 Å². The van der Waals surface area contributed by atoms with E-state index in [2.05, 4.69) is 15.6 Å². The highest BCUT2D eigenvalue weighted by atomic mass is 16.4. The Bertz CT molecular complexity index is 962. The summed E-state index contributed by atoms with van der Waals surface area (Å²) in [6, 6.07) is 8.66. The van der Waals surface area contributed by atoms with Crippen LogP contribution in [0.15, 0.2) is 30.3 Å². The number of benzene rings is 1.